The fourth-order valence-corrected chi connectivity index (χ4v) is 2.43. The normalized spacial score (nSPS) is 18.5. The van der Waals surface area contributed by atoms with Crippen molar-refractivity contribution in [2.75, 3.05) is 26.9 Å². The van der Waals surface area contributed by atoms with E-state index >= 15 is 0 Å². The van der Waals surface area contributed by atoms with Crippen LogP contribution in [0.3, 0.4) is 0 Å². The van der Waals surface area contributed by atoms with Crippen LogP contribution in [0.1, 0.15) is 22.1 Å². The van der Waals surface area contributed by atoms with E-state index in [9.17, 15) is 4.79 Å². The number of pyridine rings is 1. The molecule has 2 aromatic heterocycles. The summed E-state index contributed by atoms with van der Waals surface area (Å²) in [5.41, 5.74) is 1.30. The maximum absolute atomic E-state index is 12.8. The molecule has 1 N–H and O–H groups in total. The number of morpholine rings is 1. The molecule has 1 aliphatic rings. The summed E-state index contributed by atoms with van der Waals surface area (Å²) in [6.07, 6.45) is 3.26. The van der Waals surface area contributed by atoms with E-state index in [0.29, 0.717) is 31.2 Å². The van der Waals surface area contributed by atoms with Crippen molar-refractivity contribution >= 4 is 5.91 Å². The van der Waals surface area contributed by atoms with E-state index in [2.05, 4.69) is 15.2 Å². The summed E-state index contributed by atoms with van der Waals surface area (Å²) in [6.45, 7) is 1.47. The minimum atomic E-state index is -0.182. The highest BCUT2D eigenvalue weighted by atomic mass is 16.5. The van der Waals surface area contributed by atoms with Crippen LogP contribution in [0, 0.1) is 0 Å². The van der Waals surface area contributed by atoms with Crippen molar-refractivity contribution < 1.29 is 14.3 Å². The van der Waals surface area contributed by atoms with Crippen LogP contribution in [0.4, 0.5) is 0 Å². The summed E-state index contributed by atoms with van der Waals surface area (Å²) < 4.78 is 10.7. The van der Waals surface area contributed by atoms with Crippen LogP contribution in [0.25, 0.3) is 0 Å². The summed E-state index contributed by atoms with van der Waals surface area (Å²) in [7, 11) is 1.50. The van der Waals surface area contributed by atoms with Gasteiger partial charge in [-0.25, -0.2) is 4.98 Å². The Morgan fingerprint density at radius 1 is 1.48 bits per heavy atom. The van der Waals surface area contributed by atoms with Gasteiger partial charge in [-0.1, -0.05) is 0 Å². The summed E-state index contributed by atoms with van der Waals surface area (Å²) in [5, 5.41) is 6.84. The second-order valence-electron chi connectivity index (χ2n) is 4.66. The van der Waals surface area contributed by atoms with Gasteiger partial charge in [0.2, 0.25) is 5.88 Å². The molecule has 0 saturated carbocycles. The van der Waals surface area contributed by atoms with Gasteiger partial charge in [-0.05, 0) is 18.2 Å². The number of nitrogens with one attached hydrogen (secondary N) is 1. The summed E-state index contributed by atoms with van der Waals surface area (Å²) in [4.78, 5) is 18.6. The Morgan fingerprint density at radius 3 is 3.14 bits per heavy atom. The highest BCUT2D eigenvalue weighted by Crippen LogP contribution is 2.26. The first-order chi connectivity index (χ1) is 10.3. The van der Waals surface area contributed by atoms with Gasteiger partial charge < -0.3 is 14.4 Å². The number of aromatic nitrogens is 3. The van der Waals surface area contributed by atoms with Crippen LogP contribution >= 0.6 is 0 Å². The average molecular weight is 288 g/mol. The monoisotopic (exact) mass is 288 g/mol. The van der Waals surface area contributed by atoms with Crippen LogP contribution < -0.4 is 4.74 Å². The summed E-state index contributed by atoms with van der Waals surface area (Å²) in [6, 6.07) is 5.11. The topological polar surface area (TPSA) is 80.3 Å². The van der Waals surface area contributed by atoms with E-state index in [-0.39, 0.29) is 11.9 Å². The zero-order chi connectivity index (χ0) is 14.7. The third-order valence-corrected chi connectivity index (χ3v) is 3.47. The number of carbonyl (C=O) groups excluding carboxylic acids is 1. The number of hydrogen-bond acceptors (Lipinski definition) is 5. The molecule has 1 unspecified atom stereocenters. The van der Waals surface area contributed by atoms with Gasteiger partial charge in [-0.3, -0.25) is 9.89 Å². The van der Waals surface area contributed by atoms with Gasteiger partial charge in [0.15, 0.2) is 0 Å². The predicted molar refractivity (Wildman–Crippen MR) is 74.0 cm³/mol. The van der Waals surface area contributed by atoms with Gasteiger partial charge in [-0.15, -0.1) is 0 Å². The minimum Gasteiger partial charge on any atom is -0.480 e. The SMILES string of the molecule is COc1ncccc1C(=O)N1CCOCC1c1ccn[nH]1. The van der Waals surface area contributed by atoms with Gasteiger partial charge in [0.25, 0.3) is 5.91 Å². The van der Waals surface area contributed by atoms with E-state index in [0.717, 1.165) is 5.69 Å². The molecule has 0 aromatic carbocycles. The molecule has 3 rings (SSSR count). The zero-order valence-corrected chi connectivity index (χ0v) is 11.7. The molecule has 0 spiro atoms. The van der Waals surface area contributed by atoms with Gasteiger partial charge in [0.05, 0.1) is 32.1 Å². The average Bonchev–Trinajstić information content (AvgIpc) is 3.08. The van der Waals surface area contributed by atoms with Crippen LogP contribution in [0.15, 0.2) is 30.6 Å². The van der Waals surface area contributed by atoms with Crippen LogP contribution in [-0.4, -0.2) is 52.9 Å². The molecular weight excluding hydrogens is 272 g/mol. The minimum absolute atomic E-state index is 0.122. The number of H-pyrrole nitrogens is 1. The van der Waals surface area contributed by atoms with Crippen LogP contribution in [0.5, 0.6) is 5.88 Å². The first-order valence-electron chi connectivity index (χ1n) is 6.68. The molecule has 0 bridgehead atoms. The number of carbonyl (C=O) groups is 1. The Bertz CT molecular complexity index is 614. The zero-order valence-electron chi connectivity index (χ0n) is 11.7. The summed E-state index contributed by atoms with van der Waals surface area (Å²) in [5.74, 6) is 0.209. The molecule has 0 aliphatic carbocycles. The number of nitrogens with zero attached hydrogens (tertiary/aromatic N) is 3. The number of methoxy groups -OCH3 is 1. The molecule has 3 heterocycles. The predicted octanol–water partition coefficient (Wildman–Crippen LogP) is 1.03. The quantitative estimate of drug-likeness (QED) is 0.912. The maximum Gasteiger partial charge on any atom is 0.260 e. The van der Waals surface area contributed by atoms with Crippen molar-refractivity contribution in [2.45, 2.75) is 6.04 Å². The lowest BCUT2D eigenvalue weighted by molar-refractivity contribution is -0.00409. The Balaban J connectivity index is 1.91. The number of rotatable bonds is 3. The second-order valence-corrected chi connectivity index (χ2v) is 4.66. The van der Waals surface area contributed by atoms with E-state index in [1.165, 1.54) is 7.11 Å². The highest BCUT2D eigenvalue weighted by Gasteiger charge is 2.31. The fraction of sp³-hybridized carbons (Fsp3) is 0.357. The van der Waals surface area contributed by atoms with Crippen molar-refractivity contribution in [2.24, 2.45) is 0 Å². The Morgan fingerprint density at radius 2 is 2.38 bits per heavy atom. The molecule has 1 fully saturated rings. The van der Waals surface area contributed by atoms with Crippen LogP contribution in [-0.2, 0) is 4.74 Å². The van der Waals surface area contributed by atoms with Crippen molar-refractivity contribution in [1.82, 2.24) is 20.1 Å². The van der Waals surface area contributed by atoms with E-state index < -0.39 is 0 Å². The molecule has 21 heavy (non-hydrogen) atoms. The van der Waals surface area contributed by atoms with E-state index in [1.54, 1.807) is 29.4 Å². The fourth-order valence-electron chi connectivity index (χ4n) is 2.43. The summed E-state index contributed by atoms with van der Waals surface area (Å²) >= 11 is 0. The van der Waals surface area contributed by atoms with Gasteiger partial charge in [0.1, 0.15) is 5.56 Å². The Kier molecular flexibility index (Phi) is 3.83. The lowest BCUT2D eigenvalue weighted by Crippen LogP contribution is -2.43. The van der Waals surface area contributed by atoms with E-state index in [4.69, 9.17) is 9.47 Å². The molecule has 7 nitrogen and oxygen atoms in total. The molecule has 2 aromatic rings. The molecule has 0 radical (unpaired) electrons. The highest BCUT2D eigenvalue weighted by molar-refractivity contribution is 5.96. The third-order valence-electron chi connectivity index (χ3n) is 3.47. The van der Waals surface area contributed by atoms with Crippen LogP contribution in [0.2, 0.25) is 0 Å². The lowest BCUT2D eigenvalue weighted by Gasteiger charge is -2.35. The molecule has 110 valence electrons. The number of aromatic amines is 1. The van der Waals surface area contributed by atoms with Crippen molar-refractivity contribution in [3.05, 3.63) is 41.9 Å². The van der Waals surface area contributed by atoms with Gasteiger partial charge in [-0.2, -0.15) is 5.10 Å². The smallest absolute Gasteiger partial charge is 0.260 e. The third kappa shape index (κ3) is 2.59. The maximum atomic E-state index is 12.8. The molecule has 1 aliphatic heterocycles. The van der Waals surface area contributed by atoms with Crippen molar-refractivity contribution in [3.8, 4) is 5.88 Å². The van der Waals surface area contributed by atoms with Gasteiger partial charge in [0, 0.05) is 18.9 Å². The molecular formula is C14H16N4O3. The lowest BCUT2D eigenvalue weighted by atomic mass is 10.1. The standard InChI is InChI=1S/C14H16N4O3/c1-20-13-10(3-2-5-15-13)14(19)18-7-8-21-9-12(18)11-4-6-16-17-11/h2-6,12H,7-9H2,1H3,(H,16,17). The Labute approximate surface area is 121 Å². The Hall–Kier alpha value is -2.41. The second kappa shape index (κ2) is 5.92. The molecule has 1 saturated heterocycles. The number of ether oxygens (including phenoxy) is 2. The first-order valence-corrected chi connectivity index (χ1v) is 6.68. The molecule has 7 heteroatoms. The first kappa shape index (κ1) is 13.6. The number of hydrogen-bond donors (Lipinski definition) is 1. The van der Waals surface area contributed by atoms with Gasteiger partial charge >= 0.3 is 0 Å². The largest absolute Gasteiger partial charge is 0.480 e. The van der Waals surface area contributed by atoms with Crippen molar-refractivity contribution in [3.63, 3.8) is 0 Å². The molecule has 1 amide bonds. The van der Waals surface area contributed by atoms with E-state index in [1.807, 2.05) is 6.07 Å². The molecule has 1 atom stereocenters. The van der Waals surface area contributed by atoms with Crippen molar-refractivity contribution in [1.29, 1.82) is 0 Å². The number of amides is 1.